The molecule has 2 aliphatic rings. The van der Waals surface area contributed by atoms with Crippen molar-refractivity contribution in [2.24, 2.45) is 0 Å². The molecule has 0 bridgehead atoms. The molecule has 1 amide bonds. The van der Waals surface area contributed by atoms with E-state index in [1.54, 1.807) is 9.47 Å². The van der Waals surface area contributed by atoms with Crippen LogP contribution in [-0.2, 0) is 22.6 Å². The molecular weight excluding hydrogens is 344 g/mol. The first-order chi connectivity index (χ1) is 13.1. The molecule has 2 atom stereocenters. The van der Waals surface area contributed by atoms with Gasteiger partial charge in [-0.15, -0.1) is 0 Å². The number of hydrogen-bond acceptors (Lipinski definition) is 4. The van der Waals surface area contributed by atoms with E-state index in [9.17, 15) is 14.4 Å². The second-order valence-electron chi connectivity index (χ2n) is 7.50. The van der Waals surface area contributed by atoms with Crippen LogP contribution in [0.1, 0.15) is 48.7 Å². The van der Waals surface area contributed by atoms with Gasteiger partial charge in [-0.1, -0.05) is 29.8 Å². The van der Waals surface area contributed by atoms with Crippen molar-refractivity contribution in [3.05, 3.63) is 51.7 Å². The quantitative estimate of drug-likeness (QED) is 0.766. The van der Waals surface area contributed by atoms with Crippen LogP contribution < -0.4 is 5.69 Å². The van der Waals surface area contributed by atoms with E-state index in [-0.39, 0.29) is 17.6 Å². The lowest BCUT2D eigenvalue weighted by Crippen LogP contribution is -2.45. The number of likely N-dealkylation sites (tertiary alicyclic amines) is 1. The summed E-state index contributed by atoms with van der Waals surface area (Å²) < 4.78 is 3.01. The van der Waals surface area contributed by atoms with E-state index in [0.29, 0.717) is 38.2 Å². The highest BCUT2D eigenvalue weighted by atomic mass is 16.2. The molecule has 0 saturated carbocycles. The van der Waals surface area contributed by atoms with Crippen LogP contribution in [0.2, 0.25) is 0 Å². The van der Waals surface area contributed by atoms with Crippen molar-refractivity contribution in [1.82, 2.24) is 19.2 Å². The number of nitrogens with zero attached hydrogens (tertiary/aromatic N) is 4. The molecule has 0 radical (unpaired) electrons. The van der Waals surface area contributed by atoms with Crippen LogP contribution >= 0.6 is 0 Å². The summed E-state index contributed by atoms with van der Waals surface area (Å²) in [5.41, 5.74) is 1.92. The number of fused-ring (bicyclic) bond motifs is 1. The normalized spacial score (nSPS) is 21.9. The van der Waals surface area contributed by atoms with Gasteiger partial charge in [-0.25, -0.2) is 9.48 Å². The summed E-state index contributed by atoms with van der Waals surface area (Å²) in [5, 5.41) is 4.49. The van der Waals surface area contributed by atoms with Crippen molar-refractivity contribution in [3.8, 4) is 0 Å². The minimum atomic E-state index is -0.548. The molecule has 0 aliphatic carbocycles. The van der Waals surface area contributed by atoms with Gasteiger partial charge in [-0.05, 0) is 38.2 Å². The number of aromatic nitrogens is 3. The number of hydrogen-bond donors (Lipinski definition) is 0. The summed E-state index contributed by atoms with van der Waals surface area (Å²) >= 11 is 0. The predicted octanol–water partition coefficient (Wildman–Crippen LogP) is 1.47. The zero-order valence-electron chi connectivity index (χ0n) is 15.5. The maximum absolute atomic E-state index is 13.1. The molecule has 3 heterocycles. The molecular formula is C20H24N4O3. The number of carbonyl (C=O) groups excluding carboxylic acids is 2. The summed E-state index contributed by atoms with van der Waals surface area (Å²) in [6.07, 6.45) is 4.50. The summed E-state index contributed by atoms with van der Waals surface area (Å²) in [4.78, 5) is 39.0. The van der Waals surface area contributed by atoms with Crippen molar-refractivity contribution < 1.29 is 9.59 Å². The molecule has 4 rings (SSSR count). The van der Waals surface area contributed by atoms with Gasteiger partial charge in [0.05, 0.1) is 12.6 Å². The fraction of sp³-hybridized carbons (Fsp3) is 0.500. The smallest absolute Gasteiger partial charge is 0.331 e. The van der Waals surface area contributed by atoms with Crippen LogP contribution in [0, 0.1) is 6.92 Å². The molecule has 27 heavy (non-hydrogen) atoms. The Morgan fingerprint density at radius 3 is 2.74 bits per heavy atom. The van der Waals surface area contributed by atoms with Crippen LogP contribution in [0.15, 0.2) is 29.1 Å². The largest absolute Gasteiger partial charge is 0.346 e. The van der Waals surface area contributed by atoms with E-state index < -0.39 is 6.04 Å². The van der Waals surface area contributed by atoms with Gasteiger partial charge in [0, 0.05) is 13.0 Å². The van der Waals surface area contributed by atoms with Crippen LogP contribution in [0.3, 0.4) is 0 Å². The molecule has 0 spiro atoms. The number of rotatable bonds is 4. The Bertz CT molecular complexity index is 912. The van der Waals surface area contributed by atoms with Crippen molar-refractivity contribution in [1.29, 1.82) is 0 Å². The molecule has 1 saturated heterocycles. The molecule has 1 fully saturated rings. The summed E-state index contributed by atoms with van der Waals surface area (Å²) in [5.74, 6) is 0.543. The molecule has 142 valence electrons. The lowest BCUT2D eigenvalue weighted by molar-refractivity contribution is -0.138. The molecule has 1 aromatic carbocycles. The lowest BCUT2D eigenvalue weighted by Gasteiger charge is -2.29. The van der Waals surface area contributed by atoms with Gasteiger partial charge in [0.1, 0.15) is 18.2 Å². The van der Waals surface area contributed by atoms with E-state index in [1.165, 1.54) is 4.68 Å². The summed E-state index contributed by atoms with van der Waals surface area (Å²) in [6.45, 7) is 2.99. The zero-order chi connectivity index (χ0) is 19.0. The van der Waals surface area contributed by atoms with Gasteiger partial charge < -0.3 is 9.69 Å². The monoisotopic (exact) mass is 368 g/mol. The van der Waals surface area contributed by atoms with Crippen LogP contribution in [0.4, 0.5) is 0 Å². The average molecular weight is 368 g/mol. The Balaban J connectivity index is 1.63. The second kappa shape index (κ2) is 7.13. The SMILES string of the molecule is Cc1ccc(Cn2nc3n(c2=O)[C@H](C(=O)N2CCC[C@H]2C=O)CCC3)cc1. The van der Waals surface area contributed by atoms with E-state index in [2.05, 4.69) is 5.10 Å². The minimum absolute atomic E-state index is 0.123. The maximum Gasteiger partial charge on any atom is 0.346 e. The molecule has 1 aromatic heterocycles. The third-order valence-electron chi connectivity index (χ3n) is 5.61. The average Bonchev–Trinajstić information content (AvgIpc) is 3.28. The Morgan fingerprint density at radius 1 is 1.22 bits per heavy atom. The Morgan fingerprint density at radius 2 is 2.00 bits per heavy atom. The predicted molar refractivity (Wildman–Crippen MR) is 99.5 cm³/mol. The first kappa shape index (κ1) is 17.7. The topological polar surface area (TPSA) is 77.2 Å². The molecule has 7 heteroatoms. The number of aldehydes is 1. The number of aryl methyl sites for hydroxylation is 2. The van der Waals surface area contributed by atoms with E-state index >= 15 is 0 Å². The fourth-order valence-corrected chi connectivity index (χ4v) is 4.13. The Hall–Kier alpha value is -2.70. The van der Waals surface area contributed by atoms with Crippen molar-refractivity contribution in [3.63, 3.8) is 0 Å². The van der Waals surface area contributed by atoms with Crippen molar-refractivity contribution >= 4 is 12.2 Å². The minimum Gasteiger partial charge on any atom is -0.331 e. The molecule has 0 N–H and O–H groups in total. The molecule has 2 aliphatic heterocycles. The van der Waals surface area contributed by atoms with Gasteiger partial charge in [-0.2, -0.15) is 5.10 Å². The molecule has 7 nitrogen and oxygen atoms in total. The first-order valence-electron chi connectivity index (χ1n) is 9.58. The number of amides is 1. The van der Waals surface area contributed by atoms with Crippen LogP contribution in [-0.4, -0.2) is 44.0 Å². The zero-order valence-corrected chi connectivity index (χ0v) is 15.5. The Labute approximate surface area is 157 Å². The highest BCUT2D eigenvalue weighted by Gasteiger charge is 2.37. The van der Waals surface area contributed by atoms with Gasteiger partial charge >= 0.3 is 5.69 Å². The summed E-state index contributed by atoms with van der Waals surface area (Å²) in [7, 11) is 0. The van der Waals surface area contributed by atoms with Gasteiger partial charge in [0.25, 0.3) is 0 Å². The van der Waals surface area contributed by atoms with Gasteiger partial charge in [0.2, 0.25) is 5.91 Å². The second-order valence-corrected chi connectivity index (χ2v) is 7.50. The standard InChI is InChI=1S/C20H24N4O3/c1-14-7-9-15(10-8-14)12-23-20(27)24-17(5-2-6-18(24)21-23)19(26)22-11-3-4-16(22)13-25/h7-10,13,16-17H,2-6,11-12H2,1H3/t16-,17-/m0/s1. The third kappa shape index (κ3) is 3.22. The number of benzene rings is 1. The first-order valence-corrected chi connectivity index (χ1v) is 9.58. The van der Waals surface area contributed by atoms with Gasteiger partial charge in [0.15, 0.2) is 0 Å². The highest BCUT2D eigenvalue weighted by molar-refractivity contribution is 5.84. The number of carbonyl (C=O) groups is 2. The lowest BCUT2D eigenvalue weighted by atomic mass is 10.0. The van der Waals surface area contributed by atoms with E-state index in [4.69, 9.17) is 0 Å². The molecule has 0 unspecified atom stereocenters. The maximum atomic E-state index is 13.1. The highest BCUT2D eigenvalue weighted by Crippen LogP contribution is 2.27. The van der Waals surface area contributed by atoms with E-state index in [0.717, 1.165) is 30.3 Å². The van der Waals surface area contributed by atoms with Gasteiger partial charge in [-0.3, -0.25) is 9.36 Å². The summed E-state index contributed by atoms with van der Waals surface area (Å²) in [6, 6.07) is 7.09. The van der Waals surface area contributed by atoms with Crippen LogP contribution in [0.25, 0.3) is 0 Å². The van der Waals surface area contributed by atoms with Crippen molar-refractivity contribution in [2.75, 3.05) is 6.54 Å². The van der Waals surface area contributed by atoms with Crippen LogP contribution in [0.5, 0.6) is 0 Å². The third-order valence-corrected chi connectivity index (χ3v) is 5.61. The van der Waals surface area contributed by atoms with Crippen molar-refractivity contribution in [2.45, 2.75) is 57.7 Å². The fourth-order valence-electron chi connectivity index (χ4n) is 4.13. The van der Waals surface area contributed by atoms with E-state index in [1.807, 2.05) is 31.2 Å². The Kier molecular flexibility index (Phi) is 4.68. The molecule has 2 aromatic rings.